The highest BCUT2D eigenvalue weighted by molar-refractivity contribution is 9.10. The van der Waals surface area contributed by atoms with Gasteiger partial charge in [-0.1, -0.05) is 84.2 Å². The average molecular weight is 593 g/mol. The molecule has 0 nitrogen and oxygen atoms in total. The molecule has 0 amide bonds. The predicted octanol–water partition coefficient (Wildman–Crippen LogP) is 11.6. The molecule has 0 unspecified atom stereocenters. The Morgan fingerprint density at radius 1 is 0.594 bits per heavy atom. The Hall–Kier alpha value is -0.680. The Morgan fingerprint density at radius 2 is 1.03 bits per heavy atom. The SMILES string of the molecule is CCCCCCc1c(-c2sc3ccc(Br)cc3c2CCCCCC)sc2ccc(Br)cc12. The summed E-state index contributed by atoms with van der Waals surface area (Å²) in [7, 11) is 0. The van der Waals surface area contributed by atoms with Crippen molar-refractivity contribution < 1.29 is 0 Å². The summed E-state index contributed by atoms with van der Waals surface area (Å²) in [5.41, 5.74) is 3.14. The van der Waals surface area contributed by atoms with Crippen LogP contribution < -0.4 is 0 Å². The zero-order chi connectivity index (χ0) is 22.5. The van der Waals surface area contributed by atoms with Crippen LogP contribution in [0.1, 0.15) is 76.3 Å². The molecule has 0 saturated carbocycles. The van der Waals surface area contributed by atoms with Crippen molar-refractivity contribution in [3.8, 4) is 9.75 Å². The van der Waals surface area contributed by atoms with E-state index in [1.807, 2.05) is 22.7 Å². The molecule has 2 heterocycles. The van der Waals surface area contributed by atoms with E-state index in [9.17, 15) is 0 Å². The second-order valence-electron chi connectivity index (χ2n) is 8.72. The topological polar surface area (TPSA) is 0 Å². The maximum absolute atomic E-state index is 3.73. The van der Waals surface area contributed by atoms with E-state index in [0.29, 0.717) is 0 Å². The zero-order valence-corrected chi connectivity index (χ0v) is 23.9. The summed E-state index contributed by atoms with van der Waals surface area (Å²) < 4.78 is 5.21. The average Bonchev–Trinajstić information content (AvgIpc) is 3.32. The first-order chi connectivity index (χ1) is 15.6. The molecule has 0 spiro atoms. The lowest BCUT2D eigenvalue weighted by molar-refractivity contribution is 0.668. The first-order valence-electron chi connectivity index (χ1n) is 12.0. The third kappa shape index (κ3) is 5.51. The predicted molar refractivity (Wildman–Crippen MR) is 154 cm³/mol. The van der Waals surface area contributed by atoms with E-state index in [1.165, 1.54) is 103 Å². The maximum atomic E-state index is 3.73. The van der Waals surface area contributed by atoms with Gasteiger partial charge in [-0.2, -0.15) is 0 Å². The van der Waals surface area contributed by atoms with Crippen LogP contribution >= 0.6 is 54.5 Å². The molecule has 2 aromatic heterocycles. The molecule has 0 aliphatic heterocycles. The number of rotatable bonds is 11. The molecule has 0 aliphatic rings. The molecular formula is C28H32Br2S2. The van der Waals surface area contributed by atoms with E-state index in [-0.39, 0.29) is 0 Å². The van der Waals surface area contributed by atoms with Gasteiger partial charge in [-0.3, -0.25) is 0 Å². The maximum Gasteiger partial charge on any atom is 0.0490 e. The lowest BCUT2D eigenvalue weighted by Crippen LogP contribution is -1.91. The Labute approximate surface area is 217 Å². The minimum Gasteiger partial charge on any atom is -0.134 e. The van der Waals surface area contributed by atoms with Gasteiger partial charge in [0.15, 0.2) is 0 Å². The first-order valence-corrected chi connectivity index (χ1v) is 15.3. The molecule has 0 N–H and O–H groups in total. The number of hydrogen-bond donors (Lipinski definition) is 0. The van der Waals surface area contributed by atoms with Crippen LogP contribution in [0.15, 0.2) is 45.3 Å². The van der Waals surface area contributed by atoms with Crippen LogP contribution in [-0.2, 0) is 12.8 Å². The van der Waals surface area contributed by atoms with Crippen LogP contribution in [0.2, 0.25) is 0 Å². The lowest BCUT2D eigenvalue weighted by Gasteiger charge is -2.08. The molecule has 4 rings (SSSR count). The zero-order valence-electron chi connectivity index (χ0n) is 19.1. The van der Waals surface area contributed by atoms with Gasteiger partial charge < -0.3 is 0 Å². The van der Waals surface area contributed by atoms with Crippen molar-refractivity contribution in [1.29, 1.82) is 0 Å². The molecule has 2 aromatic carbocycles. The van der Waals surface area contributed by atoms with Gasteiger partial charge in [0.25, 0.3) is 0 Å². The Bertz CT molecular complexity index is 1090. The minimum absolute atomic E-state index is 1.18. The summed E-state index contributed by atoms with van der Waals surface area (Å²) in [6.07, 6.45) is 12.8. The van der Waals surface area contributed by atoms with Crippen molar-refractivity contribution in [3.05, 3.63) is 56.5 Å². The highest BCUT2D eigenvalue weighted by atomic mass is 79.9. The summed E-state index contributed by atoms with van der Waals surface area (Å²) in [5.74, 6) is 0. The summed E-state index contributed by atoms with van der Waals surface area (Å²) in [5, 5.41) is 2.90. The van der Waals surface area contributed by atoms with Gasteiger partial charge in [0.2, 0.25) is 0 Å². The second-order valence-corrected chi connectivity index (χ2v) is 12.7. The van der Waals surface area contributed by atoms with Gasteiger partial charge >= 0.3 is 0 Å². The third-order valence-corrected chi connectivity index (χ3v) is 9.85. The van der Waals surface area contributed by atoms with Crippen molar-refractivity contribution in [2.45, 2.75) is 78.1 Å². The van der Waals surface area contributed by atoms with Crippen LogP contribution in [0.25, 0.3) is 29.9 Å². The molecule has 4 heteroatoms. The number of hydrogen-bond acceptors (Lipinski definition) is 2. The first kappa shape index (κ1) is 24.4. The molecule has 0 fully saturated rings. The summed E-state index contributed by atoms with van der Waals surface area (Å²) in [6.45, 7) is 4.59. The van der Waals surface area contributed by atoms with Gasteiger partial charge in [-0.15, -0.1) is 22.7 Å². The van der Waals surface area contributed by atoms with Crippen LogP contribution in [0.3, 0.4) is 0 Å². The van der Waals surface area contributed by atoms with Crippen molar-refractivity contribution in [1.82, 2.24) is 0 Å². The van der Waals surface area contributed by atoms with E-state index in [4.69, 9.17) is 0 Å². The fraction of sp³-hybridized carbons (Fsp3) is 0.429. The number of fused-ring (bicyclic) bond motifs is 2. The lowest BCUT2D eigenvalue weighted by atomic mass is 9.98. The summed E-state index contributed by atoms with van der Waals surface area (Å²) in [6, 6.07) is 13.7. The van der Waals surface area contributed by atoms with Crippen LogP contribution in [0, 0.1) is 0 Å². The minimum atomic E-state index is 1.18. The Morgan fingerprint density at radius 3 is 1.44 bits per heavy atom. The van der Waals surface area contributed by atoms with Gasteiger partial charge in [-0.05, 0) is 84.0 Å². The number of aryl methyl sites for hydroxylation is 2. The Kier molecular flexibility index (Phi) is 8.89. The van der Waals surface area contributed by atoms with Gasteiger partial charge in [0.05, 0.1) is 0 Å². The second kappa shape index (κ2) is 11.6. The molecular weight excluding hydrogens is 560 g/mol. The molecule has 0 radical (unpaired) electrons. The molecule has 0 bridgehead atoms. The smallest absolute Gasteiger partial charge is 0.0490 e. The van der Waals surface area contributed by atoms with E-state index in [2.05, 4.69) is 82.1 Å². The molecule has 0 saturated heterocycles. The van der Waals surface area contributed by atoms with E-state index < -0.39 is 0 Å². The molecule has 32 heavy (non-hydrogen) atoms. The molecule has 0 atom stereocenters. The molecule has 4 aromatic rings. The van der Waals surface area contributed by atoms with Crippen LogP contribution in [0.5, 0.6) is 0 Å². The van der Waals surface area contributed by atoms with Gasteiger partial charge in [-0.25, -0.2) is 0 Å². The largest absolute Gasteiger partial charge is 0.134 e. The van der Waals surface area contributed by atoms with E-state index >= 15 is 0 Å². The number of benzene rings is 2. The highest BCUT2D eigenvalue weighted by Crippen LogP contribution is 2.48. The van der Waals surface area contributed by atoms with Crippen molar-refractivity contribution in [2.75, 3.05) is 0 Å². The van der Waals surface area contributed by atoms with Crippen LogP contribution in [-0.4, -0.2) is 0 Å². The van der Waals surface area contributed by atoms with Crippen molar-refractivity contribution in [3.63, 3.8) is 0 Å². The van der Waals surface area contributed by atoms with E-state index in [0.717, 1.165) is 0 Å². The quantitative estimate of drug-likeness (QED) is 0.152. The van der Waals surface area contributed by atoms with Crippen molar-refractivity contribution >= 4 is 74.7 Å². The highest BCUT2D eigenvalue weighted by Gasteiger charge is 2.21. The normalized spacial score (nSPS) is 11.8. The third-order valence-electron chi connectivity index (χ3n) is 6.27. The standard InChI is InChI=1S/C28H32Br2S2/c1-3-5-7-9-11-21-23-17-19(29)13-15-25(23)31-27(21)28-22(12-10-8-6-4-2)24-18-20(30)14-16-26(24)32-28/h13-18H,3-12H2,1-2H3. The van der Waals surface area contributed by atoms with Gasteiger partial charge in [0.1, 0.15) is 0 Å². The monoisotopic (exact) mass is 590 g/mol. The van der Waals surface area contributed by atoms with E-state index in [1.54, 1.807) is 11.1 Å². The van der Waals surface area contributed by atoms with Crippen LogP contribution in [0.4, 0.5) is 0 Å². The summed E-state index contributed by atoms with van der Waals surface area (Å²) >= 11 is 11.5. The van der Waals surface area contributed by atoms with Crippen molar-refractivity contribution in [2.24, 2.45) is 0 Å². The Balaban J connectivity index is 1.82. The fourth-order valence-electron chi connectivity index (χ4n) is 4.56. The van der Waals surface area contributed by atoms with Gasteiger partial charge in [0, 0.05) is 28.1 Å². The fourth-order valence-corrected chi connectivity index (χ4v) is 7.93. The molecule has 170 valence electrons. The number of thiophene rings is 2. The molecule has 0 aliphatic carbocycles. The number of unbranched alkanes of at least 4 members (excludes halogenated alkanes) is 6. The summed E-state index contributed by atoms with van der Waals surface area (Å²) in [4.78, 5) is 3.05. The number of halogens is 2.